The van der Waals surface area contributed by atoms with Gasteiger partial charge in [-0.1, -0.05) is 54.6 Å². The van der Waals surface area contributed by atoms with Crippen LogP contribution in [0.15, 0.2) is 78.5 Å². The summed E-state index contributed by atoms with van der Waals surface area (Å²) in [5.74, 6) is 0. The summed E-state index contributed by atoms with van der Waals surface area (Å²) in [5, 5.41) is 8.95. The maximum absolute atomic E-state index is 3.57. The van der Waals surface area contributed by atoms with Crippen LogP contribution in [0.2, 0.25) is 0 Å². The zero-order valence-corrected chi connectivity index (χ0v) is 14.1. The average molecular weight is 327 g/mol. The summed E-state index contributed by atoms with van der Waals surface area (Å²) in [5.41, 5.74) is 2.48. The van der Waals surface area contributed by atoms with E-state index in [1.807, 2.05) is 11.3 Å². The van der Waals surface area contributed by atoms with Crippen LogP contribution in [-0.4, -0.2) is 0 Å². The molecule has 2 heteroatoms. The van der Waals surface area contributed by atoms with Gasteiger partial charge in [0.15, 0.2) is 0 Å². The minimum absolute atomic E-state index is 1.09. The van der Waals surface area contributed by atoms with Crippen LogP contribution in [-0.2, 0) is 0 Å². The number of fused-ring (bicyclic) bond motifs is 5. The van der Waals surface area contributed by atoms with Crippen molar-refractivity contribution in [3.8, 4) is 0 Å². The third-order valence-corrected chi connectivity index (χ3v) is 5.88. The summed E-state index contributed by atoms with van der Waals surface area (Å²) >= 11 is 1.89. The van der Waals surface area contributed by atoms with Crippen molar-refractivity contribution in [1.29, 1.82) is 0 Å². The topological polar surface area (TPSA) is 12.0 Å². The van der Waals surface area contributed by atoms with E-state index in [1.165, 1.54) is 42.3 Å². The number of thiophene rings is 1. The van der Waals surface area contributed by atoms with Gasteiger partial charge in [-0.25, -0.2) is 0 Å². The van der Waals surface area contributed by atoms with Gasteiger partial charge in [0.1, 0.15) is 0 Å². The number of hydrogen-bond acceptors (Lipinski definition) is 2. The van der Waals surface area contributed by atoms with Gasteiger partial charge in [-0.3, -0.25) is 0 Å². The molecule has 0 saturated heterocycles. The second kappa shape index (κ2) is 5.50. The SMILES string of the molecule is C1=CCCC(Nc2ccc3c(c2)sc2c4ccccc4ccc32)=C1. The maximum atomic E-state index is 3.57. The van der Waals surface area contributed by atoms with E-state index >= 15 is 0 Å². The van der Waals surface area contributed by atoms with Gasteiger partial charge in [0.2, 0.25) is 0 Å². The molecule has 1 nitrogen and oxygen atoms in total. The van der Waals surface area contributed by atoms with Crippen molar-refractivity contribution in [3.05, 3.63) is 78.5 Å². The molecule has 1 N–H and O–H groups in total. The van der Waals surface area contributed by atoms with E-state index in [2.05, 4.69) is 78.1 Å². The molecule has 1 aliphatic rings. The van der Waals surface area contributed by atoms with Crippen LogP contribution >= 0.6 is 11.3 Å². The molecule has 1 aromatic heterocycles. The smallest absolute Gasteiger partial charge is 0.0433 e. The minimum Gasteiger partial charge on any atom is -0.359 e. The molecular formula is C22H17NS. The van der Waals surface area contributed by atoms with E-state index in [4.69, 9.17) is 0 Å². The maximum Gasteiger partial charge on any atom is 0.0433 e. The Labute approximate surface area is 144 Å². The van der Waals surface area contributed by atoms with Crippen LogP contribution in [0.5, 0.6) is 0 Å². The number of allylic oxidation sites excluding steroid dienone is 4. The monoisotopic (exact) mass is 327 g/mol. The Balaban J connectivity index is 1.66. The van der Waals surface area contributed by atoms with Gasteiger partial charge in [-0.2, -0.15) is 0 Å². The molecule has 0 unspecified atom stereocenters. The Bertz CT molecular complexity index is 1130. The van der Waals surface area contributed by atoms with Gasteiger partial charge < -0.3 is 5.32 Å². The van der Waals surface area contributed by atoms with Gasteiger partial charge in [0, 0.05) is 31.6 Å². The molecule has 116 valence electrons. The van der Waals surface area contributed by atoms with Crippen LogP contribution in [0, 0.1) is 0 Å². The summed E-state index contributed by atoms with van der Waals surface area (Å²) in [6.07, 6.45) is 8.73. The summed E-state index contributed by atoms with van der Waals surface area (Å²) < 4.78 is 2.73. The summed E-state index contributed by atoms with van der Waals surface area (Å²) in [6, 6.07) is 19.9. The van der Waals surface area contributed by atoms with Crippen molar-refractivity contribution in [2.24, 2.45) is 0 Å². The summed E-state index contributed by atoms with van der Waals surface area (Å²) in [7, 11) is 0. The molecule has 0 aliphatic heterocycles. The second-order valence-corrected chi connectivity index (χ2v) is 7.31. The predicted molar refractivity (Wildman–Crippen MR) is 107 cm³/mol. The molecule has 3 aromatic carbocycles. The molecule has 0 bridgehead atoms. The van der Waals surface area contributed by atoms with Crippen molar-refractivity contribution < 1.29 is 0 Å². The quantitative estimate of drug-likeness (QED) is 0.424. The van der Waals surface area contributed by atoms with Crippen molar-refractivity contribution in [3.63, 3.8) is 0 Å². The molecule has 0 spiro atoms. The number of anilines is 1. The lowest BCUT2D eigenvalue weighted by Gasteiger charge is -2.12. The lowest BCUT2D eigenvalue weighted by Crippen LogP contribution is -2.00. The zero-order chi connectivity index (χ0) is 15.9. The fourth-order valence-electron chi connectivity index (χ4n) is 3.47. The Kier molecular flexibility index (Phi) is 3.17. The zero-order valence-electron chi connectivity index (χ0n) is 13.3. The van der Waals surface area contributed by atoms with Crippen LogP contribution in [0.1, 0.15) is 12.8 Å². The van der Waals surface area contributed by atoms with E-state index < -0.39 is 0 Å². The van der Waals surface area contributed by atoms with E-state index in [0.717, 1.165) is 12.8 Å². The summed E-state index contributed by atoms with van der Waals surface area (Å²) in [6.45, 7) is 0. The Morgan fingerprint density at radius 3 is 2.71 bits per heavy atom. The molecule has 4 aromatic rings. The molecule has 0 saturated carbocycles. The molecule has 1 aliphatic carbocycles. The number of benzene rings is 3. The molecule has 1 heterocycles. The molecule has 5 rings (SSSR count). The lowest BCUT2D eigenvalue weighted by molar-refractivity contribution is 0.967. The number of nitrogens with one attached hydrogen (secondary N) is 1. The molecule has 24 heavy (non-hydrogen) atoms. The van der Waals surface area contributed by atoms with Gasteiger partial charge in [-0.15, -0.1) is 11.3 Å². The highest BCUT2D eigenvalue weighted by Gasteiger charge is 2.09. The Morgan fingerprint density at radius 2 is 1.79 bits per heavy atom. The van der Waals surface area contributed by atoms with E-state index in [-0.39, 0.29) is 0 Å². The minimum atomic E-state index is 1.09. The van der Waals surface area contributed by atoms with Crippen molar-refractivity contribution in [1.82, 2.24) is 0 Å². The first-order valence-corrected chi connectivity index (χ1v) is 9.17. The van der Waals surface area contributed by atoms with Gasteiger partial charge in [0.05, 0.1) is 0 Å². The van der Waals surface area contributed by atoms with Gasteiger partial charge in [-0.05, 0) is 41.8 Å². The molecule has 0 fully saturated rings. The molecule has 0 amide bonds. The van der Waals surface area contributed by atoms with Crippen molar-refractivity contribution in [2.75, 3.05) is 5.32 Å². The van der Waals surface area contributed by atoms with Gasteiger partial charge >= 0.3 is 0 Å². The van der Waals surface area contributed by atoms with E-state index in [9.17, 15) is 0 Å². The van der Waals surface area contributed by atoms with Crippen LogP contribution in [0.25, 0.3) is 30.9 Å². The first-order chi connectivity index (χ1) is 11.9. The van der Waals surface area contributed by atoms with Crippen LogP contribution < -0.4 is 5.32 Å². The second-order valence-electron chi connectivity index (χ2n) is 6.26. The average Bonchev–Trinajstić information content (AvgIpc) is 3.01. The Hall–Kier alpha value is -2.58. The van der Waals surface area contributed by atoms with Crippen LogP contribution in [0.4, 0.5) is 5.69 Å². The first-order valence-electron chi connectivity index (χ1n) is 8.35. The fourth-order valence-corrected chi connectivity index (χ4v) is 4.75. The number of rotatable bonds is 2. The third-order valence-electron chi connectivity index (χ3n) is 4.68. The molecular weight excluding hydrogens is 310 g/mol. The van der Waals surface area contributed by atoms with Crippen LogP contribution in [0.3, 0.4) is 0 Å². The third kappa shape index (κ3) is 2.22. The summed E-state index contributed by atoms with van der Waals surface area (Å²) in [4.78, 5) is 0. The van der Waals surface area contributed by atoms with Gasteiger partial charge in [0.25, 0.3) is 0 Å². The highest BCUT2D eigenvalue weighted by molar-refractivity contribution is 7.26. The Morgan fingerprint density at radius 1 is 0.875 bits per heavy atom. The van der Waals surface area contributed by atoms with Crippen molar-refractivity contribution >= 4 is 48.0 Å². The van der Waals surface area contributed by atoms with E-state index in [0.29, 0.717) is 0 Å². The first kappa shape index (κ1) is 13.8. The van der Waals surface area contributed by atoms with E-state index in [1.54, 1.807) is 0 Å². The predicted octanol–water partition coefficient (Wildman–Crippen LogP) is 6.85. The fraction of sp³-hybridized carbons (Fsp3) is 0.0909. The van der Waals surface area contributed by atoms with Crippen molar-refractivity contribution in [2.45, 2.75) is 12.8 Å². The molecule has 0 atom stereocenters. The largest absolute Gasteiger partial charge is 0.359 e. The normalized spacial score (nSPS) is 14.4. The lowest BCUT2D eigenvalue weighted by atomic mass is 10.1. The molecule has 0 radical (unpaired) electrons. The standard InChI is InChI=1S/C22H17NS/c1-2-7-16(8-3-1)23-17-11-13-19-20-12-10-15-6-4-5-9-18(15)22(20)24-21(19)14-17/h1-2,4-7,9-14,23H,3,8H2. The number of hydrogen-bond donors (Lipinski definition) is 1. The highest BCUT2D eigenvalue weighted by Crippen LogP contribution is 2.39. The highest BCUT2D eigenvalue weighted by atomic mass is 32.1.